The summed E-state index contributed by atoms with van der Waals surface area (Å²) in [5.41, 5.74) is 0. The van der Waals surface area contributed by atoms with E-state index in [1.54, 1.807) is 0 Å². The van der Waals surface area contributed by atoms with Crippen LogP contribution in [0.25, 0.3) is 0 Å². The molecule has 0 aliphatic heterocycles. The maximum atomic E-state index is 12.6. The summed E-state index contributed by atoms with van der Waals surface area (Å²) in [4.78, 5) is 11.3. The van der Waals surface area contributed by atoms with Gasteiger partial charge in [0.25, 0.3) is 0 Å². The first-order valence-corrected chi connectivity index (χ1v) is 6.62. The van der Waals surface area contributed by atoms with Crippen LogP contribution >= 0.6 is 11.8 Å². The quantitative estimate of drug-likeness (QED) is 0.388. The maximum Gasteiger partial charge on any atom is 0.319 e. The van der Waals surface area contributed by atoms with Crippen LogP contribution in [-0.4, -0.2) is 36.4 Å². The minimum Gasteiger partial charge on any atom is -0.468 e. The van der Waals surface area contributed by atoms with Crippen molar-refractivity contribution >= 4 is 17.7 Å². The fourth-order valence-corrected chi connectivity index (χ4v) is 2.46. The van der Waals surface area contributed by atoms with Crippen LogP contribution in [0.15, 0.2) is 0 Å². The van der Waals surface area contributed by atoms with Crippen LogP contribution < -0.4 is 0 Å². The smallest absolute Gasteiger partial charge is 0.319 e. The lowest BCUT2D eigenvalue weighted by molar-refractivity contribution is -0.140. The number of thioether (sulfide) groups is 1. The summed E-state index contributed by atoms with van der Waals surface area (Å²) in [6.07, 6.45) is -4.57. The van der Waals surface area contributed by atoms with Crippen molar-refractivity contribution in [1.82, 2.24) is 0 Å². The van der Waals surface area contributed by atoms with Crippen LogP contribution in [0.3, 0.4) is 0 Å². The highest BCUT2D eigenvalue weighted by atomic mass is 32.2. The first-order valence-electron chi connectivity index (χ1n) is 5.57. The molecule has 0 heterocycles. The Morgan fingerprint density at radius 3 is 2.28 bits per heavy atom. The van der Waals surface area contributed by atoms with Crippen LogP contribution in [0, 0.1) is 5.92 Å². The molecule has 7 heteroatoms. The molecular weight excluding hydrogens is 272 g/mol. The Morgan fingerprint density at radius 1 is 1.33 bits per heavy atom. The highest BCUT2D eigenvalue weighted by molar-refractivity contribution is 8.00. The fraction of sp³-hybridized carbons (Fsp3) is 0.909. The van der Waals surface area contributed by atoms with Gasteiger partial charge in [-0.25, -0.2) is 17.6 Å². The van der Waals surface area contributed by atoms with Crippen molar-refractivity contribution in [3.8, 4) is 0 Å². The monoisotopic (exact) mass is 290 g/mol. The summed E-state index contributed by atoms with van der Waals surface area (Å²) in [5.74, 6) is -4.15. The lowest BCUT2D eigenvalue weighted by Crippen LogP contribution is -2.27. The first kappa shape index (κ1) is 17.5. The van der Waals surface area contributed by atoms with Crippen molar-refractivity contribution in [2.75, 3.05) is 12.9 Å². The van der Waals surface area contributed by atoms with Crippen molar-refractivity contribution in [3.63, 3.8) is 0 Å². The average molecular weight is 290 g/mol. The van der Waals surface area contributed by atoms with Crippen LogP contribution in [0.1, 0.15) is 26.7 Å². The van der Waals surface area contributed by atoms with Gasteiger partial charge in [-0.05, 0) is 18.1 Å². The Balaban J connectivity index is 4.05. The summed E-state index contributed by atoms with van der Waals surface area (Å²) in [6.45, 7) is 3.62. The Kier molecular flexibility index (Phi) is 7.66. The zero-order valence-corrected chi connectivity index (χ0v) is 11.4. The number of hydrogen-bond acceptors (Lipinski definition) is 3. The van der Waals surface area contributed by atoms with Crippen molar-refractivity contribution < 1.29 is 27.1 Å². The molecule has 0 aromatic heterocycles. The van der Waals surface area contributed by atoms with E-state index in [0.29, 0.717) is 0 Å². The second-order valence-electron chi connectivity index (χ2n) is 4.22. The normalized spacial score (nSPS) is 14.1. The van der Waals surface area contributed by atoms with Gasteiger partial charge in [0.1, 0.15) is 5.25 Å². The third-order valence-corrected chi connectivity index (χ3v) is 3.93. The Labute approximate surface area is 108 Å². The van der Waals surface area contributed by atoms with E-state index in [1.165, 1.54) is 7.11 Å². The van der Waals surface area contributed by atoms with Crippen LogP contribution in [0.5, 0.6) is 0 Å². The molecule has 0 aromatic carbocycles. The van der Waals surface area contributed by atoms with Gasteiger partial charge in [-0.1, -0.05) is 13.8 Å². The summed E-state index contributed by atoms with van der Waals surface area (Å²) in [5, 5.41) is -0.449. The minimum absolute atomic E-state index is 0.00180. The molecule has 0 radical (unpaired) electrons. The summed E-state index contributed by atoms with van der Waals surface area (Å²) in [7, 11) is 1.25. The van der Waals surface area contributed by atoms with Gasteiger partial charge in [0.05, 0.1) is 7.11 Å². The number of rotatable bonds is 8. The van der Waals surface area contributed by atoms with E-state index in [9.17, 15) is 22.4 Å². The minimum atomic E-state index is -3.95. The molecule has 18 heavy (non-hydrogen) atoms. The Hall–Kier alpha value is -0.460. The van der Waals surface area contributed by atoms with Crippen LogP contribution in [0.2, 0.25) is 0 Å². The Bertz CT molecular complexity index is 259. The van der Waals surface area contributed by atoms with Gasteiger partial charge in [-0.2, -0.15) is 0 Å². The average Bonchev–Trinajstić information content (AvgIpc) is 2.27. The predicted octanol–water partition coefficient (Wildman–Crippen LogP) is 3.60. The van der Waals surface area contributed by atoms with E-state index in [1.807, 2.05) is 13.8 Å². The molecule has 0 aromatic rings. The van der Waals surface area contributed by atoms with E-state index < -0.39 is 30.0 Å². The van der Waals surface area contributed by atoms with E-state index >= 15 is 0 Å². The number of methoxy groups -OCH3 is 1. The van der Waals surface area contributed by atoms with Gasteiger partial charge in [-0.3, -0.25) is 4.79 Å². The molecule has 0 fully saturated rings. The maximum absolute atomic E-state index is 12.6. The number of carbonyl (C=O) groups excluding carboxylic acids is 1. The van der Waals surface area contributed by atoms with Gasteiger partial charge in [0.2, 0.25) is 0 Å². The largest absolute Gasteiger partial charge is 0.468 e. The fourth-order valence-electron chi connectivity index (χ4n) is 1.28. The lowest BCUT2D eigenvalue weighted by Gasteiger charge is -2.19. The third-order valence-electron chi connectivity index (χ3n) is 2.31. The zero-order chi connectivity index (χ0) is 14.3. The molecule has 2 nitrogen and oxygen atoms in total. The molecule has 0 aliphatic carbocycles. The zero-order valence-electron chi connectivity index (χ0n) is 10.6. The van der Waals surface area contributed by atoms with Crippen molar-refractivity contribution in [3.05, 3.63) is 0 Å². The second kappa shape index (κ2) is 7.86. The van der Waals surface area contributed by atoms with E-state index in [2.05, 4.69) is 4.74 Å². The molecular formula is C11H18F4O2S. The molecule has 1 atom stereocenters. The first-order chi connectivity index (χ1) is 8.22. The molecule has 0 saturated heterocycles. The molecule has 0 saturated carbocycles. The van der Waals surface area contributed by atoms with Gasteiger partial charge >= 0.3 is 18.3 Å². The van der Waals surface area contributed by atoms with E-state index in [4.69, 9.17) is 0 Å². The number of alkyl halides is 4. The summed E-state index contributed by atoms with van der Waals surface area (Å²) >= 11 is 1.16. The van der Waals surface area contributed by atoms with Gasteiger partial charge < -0.3 is 4.74 Å². The SMILES string of the molecule is COC(=O)C(SCCCC(F)(F)C(F)F)C(C)C. The Morgan fingerprint density at radius 2 is 1.89 bits per heavy atom. The van der Waals surface area contributed by atoms with Gasteiger partial charge in [0.15, 0.2) is 0 Å². The molecule has 0 rings (SSSR count). The number of ether oxygens (including phenoxy) is 1. The molecule has 0 N–H and O–H groups in total. The molecule has 0 spiro atoms. The number of hydrogen-bond donors (Lipinski definition) is 0. The predicted molar refractivity (Wildman–Crippen MR) is 63.3 cm³/mol. The number of esters is 1. The number of halogens is 4. The third kappa shape index (κ3) is 5.93. The second-order valence-corrected chi connectivity index (χ2v) is 5.47. The van der Waals surface area contributed by atoms with Crippen molar-refractivity contribution in [1.29, 1.82) is 0 Å². The van der Waals surface area contributed by atoms with Gasteiger partial charge in [-0.15, -0.1) is 11.8 Å². The topological polar surface area (TPSA) is 26.3 Å². The molecule has 0 bridgehead atoms. The highest BCUT2D eigenvalue weighted by Gasteiger charge is 2.39. The van der Waals surface area contributed by atoms with Crippen LogP contribution in [-0.2, 0) is 9.53 Å². The van der Waals surface area contributed by atoms with Crippen molar-refractivity contribution in [2.24, 2.45) is 5.92 Å². The molecule has 1 unspecified atom stereocenters. The van der Waals surface area contributed by atoms with E-state index in [0.717, 1.165) is 11.8 Å². The van der Waals surface area contributed by atoms with Crippen molar-refractivity contribution in [2.45, 2.75) is 44.3 Å². The van der Waals surface area contributed by atoms with E-state index in [-0.39, 0.29) is 18.1 Å². The molecule has 108 valence electrons. The highest BCUT2D eigenvalue weighted by Crippen LogP contribution is 2.30. The standard InChI is InChI=1S/C11H18F4O2S/c1-7(2)8(9(16)17-3)18-6-4-5-11(14,15)10(12)13/h7-8,10H,4-6H2,1-3H3. The summed E-state index contributed by atoms with van der Waals surface area (Å²) in [6, 6.07) is 0. The summed E-state index contributed by atoms with van der Waals surface area (Å²) < 4.78 is 53.5. The number of carbonyl (C=O) groups is 1. The molecule has 0 amide bonds. The molecule has 0 aliphatic rings. The van der Waals surface area contributed by atoms with Gasteiger partial charge in [0, 0.05) is 6.42 Å². The lowest BCUT2D eigenvalue weighted by atomic mass is 10.1. The van der Waals surface area contributed by atoms with Crippen LogP contribution in [0.4, 0.5) is 17.6 Å².